The number of aromatic nitrogens is 1. The van der Waals surface area contributed by atoms with E-state index < -0.39 is 0 Å². The number of carbonyl (C=O) groups is 1. The minimum Gasteiger partial charge on any atom is -0.373 e. The minimum absolute atomic E-state index is 0.0452. The molecule has 1 heterocycles. The second kappa shape index (κ2) is 6.07. The normalized spacial score (nSPS) is 33.2. The van der Waals surface area contributed by atoms with Crippen molar-refractivity contribution in [2.75, 3.05) is 0 Å². The summed E-state index contributed by atoms with van der Waals surface area (Å²) in [6, 6.07) is 5.46. The Hall–Kier alpha value is -1.36. The highest BCUT2D eigenvalue weighted by Gasteiger charge is 2.69. The van der Waals surface area contributed by atoms with Crippen LogP contribution in [0.15, 0.2) is 22.7 Å². The van der Waals surface area contributed by atoms with Gasteiger partial charge in [-0.1, -0.05) is 34.4 Å². The molecule has 146 valence electrons. The van der Waals surface area contributed by atoms with Crippen molar-refractivity contribution in [3.05, 3.63) is 39.6 Å². The first-order valence-corrected chi connectivity index (χ1v) is 10.9. The van der Waals surface area contributed by atoms with Crippen molar-refractivity contribution in [1.29, 1.82) is 0 Å². The lowest BCUT2D eigenvalue weighted by Crippen LogP contribution is -2.34. The third-order valence-electron chi connectivity index (χ3n) is 7.23. The fourth-order valence-corrected chi connectivity index (χ4v) is 6.16. The molecule has 6 rings (SSSR count). The summed E-state index contributed by atoms with van der Waals surface area (Å²) in [6.07, 6.45) is 6.23. The van der Waals surface area contributed by atoms with E-state index in [0.29, 0.717) is 45.5 Å². The molecule has 4 nitrogen and oxygen atoms in total. The van der Waals surface area contributed by atoms with Crippen molar-refractivity contribution >= 4 is 29.0 Å². The first-order chi connectivity index (χ1) is 13.6. The Kier molecular flexibility index (Phi) is 3.79. The molecule has 0 radical (unpaired) electrons. The summed E-state index contributed by atoms with van der Waals surface area (Å²) >= 11 is 12.9. The number of carbonyl (C=O) groups excluding carboxylic acids is 1. The van der Waals surface area contributed by atoms with Gasteiger partial charge in [0.05, 0.1) is 22.8 Å². The molecule has 0 saturated heterocycles. The lowest BCUT2D eigenvalue weighted by molar-refractivity contribution is -0.133. The topological polar surface area (TPSA) is 52.3 Å². The molecule has 4 saturated carbocycles. The molecule has 1 spiro atoms. The number of rotatable bonds is 5. The fraction of sp³-hybridized carbons (Fsp3) is 0.545. The van der Waals surface area contributed by atoms with E-state index in [0.717, 1.165) is 49.8 Å². The van der Waals surface area contributed by atoms with Crippen molar-refractivity contribution in [1.82, 2.24) is 5.16 Å². The van der Waals surface area contributed by atoms with Gasteiger partial charge in [-0.05, 0) is 56.6 Å². The molecular formula is C22H21Cl2NO3. The van der Waals surface area contributed by atoms with E-state index in [4.69, 9.17) is 32.5 Å². The number of ketones is 1. The van der Waals surface area contributed by atoms with Gasteiger partial charge >= 0.3 is 0 Å². The van der Waals surface area contributed by atoms with Crippen LogP contribution in [0.3, 0.4) is 0 Å². The molecule has 0 N–H and O–H groups in total. The highest BCUT2D eigenvalue weighted by molar-refractivity contribution is 6.39. The maximum atomic E-state index is 12.5. The van der Waals surface area contributed by atoms with Crippen LogP contribution in [-0.4, -0.2) is 17.0 Å². The largest absolute Gasteiger partial charge is 0.373 e. The number of benzene rings is 1. The lowest BCUT2D eigenvalue weighted by Gasteiger charge is -2.30. The van der Waals surface area contributed by atoms with E-state index in [2.05, 4.69) is 5.16 Å². The molecule has 2 aromatic rings. The van der Waals surface area contributed by atoms with Gasteiger partial charge in [-0.15, -0.1) is 0 Å². The molecule has 0 aliphatic heterocycles. The van der Waals surface area contributed by atoms with Gasteiger partial charge in [-0.25, -0.2) is 0 Å². The smallest absolute Gasteiger partial charge is 0.145 e. The molecule has 4 fully saturated rings. The molecule has 6 heteroatoms. The number of nitrogens with zero attached hydrogens (tertiary/aromatic N) is 1. The number of ether oxygens (including phenoxy) is 1. The lowest BCUT2D eigenvalue weighted by atomic mass is 9.80. The number of fused-ring (bicyclic) bond motifs is 1. The Morgan fingerprint density at radius 1 is 1.14 bits per heavy atom. The Balaban J connectivity index is 1.29. The molecule has 28 heavy (non-hydrogen) atoms. The van der Waals surface area contributed by atoms with E-state index in [1.807, 2.05) is 18.2 Å². The van der Waals surface area contributed by atoms with Gasteiger partial charge < -0.3 is 9.26 Å². The van der Waals surface area contributed by atoms with Crippen LogP contribution >= 0.6 is 23.2 Å². The maximum absolute atomic E-state index is 12.5. The van der Waals surface area contributed by atoms with Gasteiger partial charge in [0.2, 0.25) is 0 Å². The highest BCUT2D eigenvalue weighted by atomic mass is 35.5. The molecule has 1 aromatic carbocycles. The first kappa shape index (κ1) is 17.5. The third kappa shape index (κ3) is 2.54. The molecule has 2 bridgehead atoms. The van der Waals surface area contributed by atoms with Crippen LogP contribution in [0.4, 0.5) is 0 Å². The second-order valence-corrected chi connectivity index (χ2v) is 9.79. The molecule has 4 aliphatic rings. The number of hydrogen-bond donors (Lipinski definition) is 0. The fourth-order valence-electron chi connectivity index (χ4n) is 5.59. The van der Waals surface area contributed by atoms with Crippen molar-refractivity contribution in [2.45, 2.75) is 57.2 Å². The molecule has 4 atom stereocenters. The summed E-state index contributed by atoms with van der Waals surface area (Å²) in [5.74, 6) is 2.65. The Bertz CT molecular complexity index is 962. The van der Waals surface area contributed by atoms with Crippen molar-refractivity contribution in [3.8, 4) is 11.3 Å². The SMILES string of the molecule is O=C1[C@@H]2CC3CC13C[C@H](OCc1c(-c3c(Cl)cccc3Cl)noc1C1CC1)C2. The Labute approximate surface area is 173 Å². The number of hydrogen-bond acceptors (Lipinski definition) is 4. The van der Waals surface area contributed by atoms with Gasteiger partial charge in [0.1, 0.15) is 17.2 Å². The summed E-state index contributed by atoms with van der Waals surface area (Å²) in [7, 11) is 0. The number of halogens is 2. The average molecular weight is 418 g/mol. The summed E-state index contributed by atoms with van der Waals surface area (Å²) in [4.78, 5) is 12.5. The van der Waals surface area contributed by atoms with E-state index in [1.54, 1.807) is 0 Å². The predicted molar refractivity (Wildman–Crippen MR) is 105 cm³/mol. The van der Waals surface area contributed by atoms with Crippen molar-refractivity contribution in [3.63, 3.8) is 0 Å². The quantitative estimate of drug-likeness (QED) is 0.616. The van der Waals surface area contributed by atoms with Crippen LogP contribution in [0.25, 0.3) is 11.3 Å². The van der Waals surface area contributed by atoms with Crippen molar-refractivity contribution in [2.24, 2.45) is 17.3 Å². The predicted octanol–water partition coefficient (Wildman–Crippen LogP) is 5.80. The van der Waals surface area contributed by atoms with E-state index in [9.17, 15) is 4.79 Å². The molecule has 0 amide bonds. The van der Waals surface area contributed by atoms with E-state index >= 15 is 0 Å². The maximum Gasteiger partial charge on any atom is 0.145 e. The average Bonchev–Trinajstić information content (AvgIpc) is 3.55. The van der Waals surface area contributed by atoms with Crippen molar-refractivity contribution < 1.29 is 14.1 Å². The Morgan fingerprint density at radius 2 is 1.93 bits per heavy atom. The van der Waals surface area contributed by atoms with Gasteiger partial charge in [0, 0.05) is 28.4 Å². The van der Waals surface area contributed by atoms with Gasteiger partial charge in [-0.2, -0.15) is 0 Å². The van der Waals surface area contributed by atoms with Crippen LogP contribution in [0.5, 0.6) is 0 Å². The number of Topliss-reactive ketones (excluding diaryl/α,β-unsaturated/α-hetero) is 1. The minimum atomic E-state index is -0.0452. The zero-order valence-corrected chi connectivity index (χ0v) is 16.9. The van der Waals surface area contributed by atoms with E-state index in [-0.39, 0.29) is 17.4 Å². The van der Waals surface area contributed by atoms with E-state index in [1.165, 1.54) is 0 Å². The summed E-state index contributed by atoms with van der Waals surface area (Å²) < 4.78 is 12.1. The van der Waals surface area contributed by atoms with Gasteiger partial charge in [0.15, 0.2) is 0 Å². The molecule has 2 unspecified atom stereocenters. The summed E-state index contributed by atoms with van der Waals surface area (Å²) in [5, 5.41) is 5.45. The Morgan fingerprint density at radius 3 is 2.64 bits per heavy atom. The second-order valence-electron chi connectivity index (χ2n) is 8.97. The van der Waals surface area contributed by atoms with Gasteiger partial charge in [0.25, 0.3) is 0 Å². The third-order valence-corrected chi connectivity index (χ3v) is 7.86. The van der Waals surface area contributed by atoms with Gasteiger partial charge in [-0.3, -0.25) is 4.79 Å². The summed E-state index contributed by atoms with van der Waals surface area (Å²) in [6.45, 7) is 0.429. The van der Waals surface area contributed by atoms with Crippen LogP contribution in [0.1, 0.15) is 55.8 Å². The van der Waals surface area contributed by atoms with Crippen LogP contribution in [0.2, 0.25) is 10.0 Å². The molecule has 1 aromatic heterocycles. The standard InChI is InChI=1S/C22H21Cl2NO3/c23-16-2-1-3-17(24)18(16)19-15(20(28-25-19)11-4-5-11)10-27-14-7-12-6-13-8-22(13,9-14)21(12)26/h1-3,11-14H,4-10H2/t12-,13?,14-,22?/m1/s1. The first-order valence-electron chi connectivity index (χ1n) is 10.2. The van der Waals surface area contributed by atoms with Crippen LogP contribution < -0.4 is 0 Å². The monoisotopic (exact) mass is 417 g/mol. The molecule has 4 aliphatic carbocycles. The van der Waals surface area contributed by atoms with Crippen LogP contribution in [0, 0.1) is 17.3 Å². The highest BCUT2D eigenvalue weighted by Crippen LogP contribution is 2.69. The van der Waals surface area contributed by atoms with Crippen LogP contribution in [-0.2, 0) is 16.1 Å². The zero-order chi connectivity index (χ0) is 19.0. The zero-order valence-electron chi connectivity index (χ0n) is 15.4. The summed E-state index contributed by atoms with van der Waals surface area (Å²) in [5.41, 5.74) is 2.32. The molecular weight excluding hydrogens is 397 g/mol.